The summed E-state index contributed by atoms with van der Waals surface area (Å²) < 4.78 is 0. The van der Waals surface area contributed by atoms with Crippen LogP contribution in [0.2, 0.25) is 0 Å². The van der Waals surface area contributed by atoms with Crippen LogP contribution in [0.15, 0.2) is 12.1 Å². The number of benzene rings is 1. The molecule has 0 aliphatic rings. The molecule has 0 bridgehead atoms. The monoisotopic (exact) mass is 223 g/mol. The Morgan fingerprint density at radius 1 is 1.31 bits per heavy atom. The fourth-order valence-corrected chi connectivity index (χ4v) is 1.32. The molecule has 16 heavy (non-hydrogen) atoms. The average molecular weight is 223 g/mol. The number of anilines is 1. The second-order valence-electron chi connectivity index (χ2n) is 3.41. The van der Waals surface area contributed by atoms with E-state index in [0.717, 1.165) is 0 Å². The van der Waals surface area contributed by atoms with E-state index < -0.39 is 4.92 Å². The molecule has 0 aliphatic carbocycles. The van der Waals surface area contributed by atoms with Crippen molar-refractivity contribution >= 4 is 17.4 Å². The zero-order valence-electron chi connectivity index (χ0n) is 9.33. The highest BCUT2D eigenvalue weighted by molar-refractivity contribution is 5.90. The van der Waals surface area contributed by atoms with Gasteiger partial charge >= 0.3 is 6.03 Å². The molecule has 1 aromatic rings. The summed E-state index contributed by atoms with van der Waals surface area (Å²) in [6.07, 6.45) is 0. The molecular weight excluding hydrogens is 210 g/mol. The standard InChI is InChI=1S/C10H13N3O3/c1-6-5-9(13(15)16)7(2)4-8(6)12-10(14)11-3/h4-5H,1-3H3,(H2,11,12,14). The van der Waals surface area contributed by atoms with Gasteiger partial charge in [0.1, 0.15) is 0 Å². The lowest BCUT2D eigenvalue weighted by Gasteiger charge is -2.09. The number of urea groups is 1. The summed E-state index contributed by atoms with van der Waals surface area (Å²) in [6, 6.07) is 2.68. The number of nitrogens with zero attached hydrogens (tertiary/aromatic N) is 1. The summed E-state index contributed by atoms with van der Waals surface area (Å²) in [6.45, 7) is 3.34. The number of aryl methyl sites for hydroxylation is 2. The topological polar surface area (TPSA) is 84.3 Å². The average Bonchev–Trinajstić information content (AvgIpc) is 2.22. The molecule has 1 aromatic carbocycles. The highest BCUT2D eigenvalue weighted by Crippen LogP contribution is 2.25. The molecule has 0 saturated carbocycles. The molecule has 0 aliphatic heterocycles. The van der Waals surface area contributed by atoms with Crippen molar-refractivity contribution in [3.8, 4) is 0 Å². The summed E-state index contributed by atoms with van der Waals surface area (Å²) in [5, 5.41) is 15.7. The van der Waals surface area contributed by atoms with E-state index in [9.17, 15) is 14.9 Å². The SMILES string of the molecule is CNC(=O)Nc1cc(C)c([N+](=O)[O-])cc1C. The number of carbonyl (C=O) groups excluding carboxylic acids is 1. The zero-order chi connectivity index (χ0) is 12.3. The molecule has 0 aromatic heterocycles. The van der Waals surface area contributed by atoms with Crippen molar-refractivity contribution in [2.45, 2.75) is 13.8 Å². The van der Waals surface area contributed by atoms with Crippen molar-refractivity contribution in [1.29, 1.82) is 0 Å². The first-order chi connectivity index (χ1) is 7.45. The van der Waals surface area contributed by atoms with Gasteiger partial charge in [-0.3, -0.25) is 10.1 Å². The van der Waals surface area contributed by atoms with Crippen molar-refractivity contribution in [3.05, 3.63) is 33.4 Å². The minimum absolute atomic E-state index is 0.0555. The van der Waals surface area contributed by atoms with E-state index in [1.165, 1.54) is 13.1 Å². The van der Waals surface area contributed by atoms with Gasteiger partial charge in [-0.25, -0.2) is 4.79 Å². The first-order valence-electron chi connectivity index (χ1n) is 4.70. The van der Waals surface area contributed by atoms with Crippen LogP contribution in [0.25, 0.3) is 0 Å². The molecule has 2 amide bonds. The van der Waals surface area contributed by atoms with Crippen LogP contribution in [0, 0.1) is 24.0 Å². The molecule has 86 valence electrons. The summed E-state index contributed by atoms with van der Waals surface area (Å²) in [7, 11) is 1.50. The predicted octanol–water partition coefficient (Wildman–Crippen LogP) is 1.96. The maximum atomic E-state index is 11.1. The van der Waals surface area contributed by atoms with Crippen LogP contribution in [0.3, 0.4) is 0 Å². The van der Waals surface area contributed by atoms with Gasteiger partial charge in [-0.2, -0.15) is 0 Å². The first-order valence-corrected chi connectivity index (χ1v) is 4.70. The fourth-order valence-electron chi connectivity index (χ4n) is 1.32. The van der Waals surface area contributed by atoms with Gasteiger partial charge in [0.25, 0.3) is 5.69 Å². The third-order valence-corrected chi connectivity index (χ3v) is 2.21. The summed E-state index contributed by atoms with van der Waals surface area (Å²) in [5.41, 5.74) is 1.80. The van der Waals surface area contributed by atoms with E-state index in [-0.39, 0.29) is 11.7 Å². The molecule has 0 atom stereocenters. The van der Waals surface area contributed by atoms with E-state index in [4.69, 9.17) is 0 Å². The molecule has 1 rings (SSSR count). The lowest BCUT2D eigenvalue weighted by molar-refractivity contribution is -0.385. The van der Waals surface area contributed by atoms with Gasteiger partial charge in [-0.1, -0.05) is 0 Å². The Hall–Kier alpha value is -2.11. The Morgan fingerprint density at radius 2 is 1.94 bits per heavy atom. The number of carbonyl (C=O) groups is 1. The highest BCUT2D eigenvalue weighted by Gasteiger charge is 2.13. The molecule has 6 nitrogen and oxygen atoms in total. The number of nitrogens with one attached hydrogen (secondary N) is 2. The lowest BCUT2D eigenvalue weighted by Crippen LogP contribution is -2.24. The number of hydrogen-bond acceptors (Lipinski definition) is 3. The second-order valence-corrected chi connectivity index (χ2v) is 3.41. The molecule has 0 heterocycles. The Labute approximate surface area is 92.8 Å². The minimum Gasteiger partial charge on any atom is -0.341 e. The van der Waals surface area contributed by atoms with Crippen LogP contribution >= 0.6 is 0 Å². The predicted molar refractivity (Wildman–Crippen MR) is 60.6 cm³/mol. The van der Waals surface area contributed by atoms with Crippen LogP contribution < -0.4 is 10.6 Å². The third-order valence-electron chi connectivity index (χ3n) is 2.21. The fraction of sp³-hybridized carbons (Fsp3) is 0.300. The van der Waals surface area contributed by atoms with E-state index in [2.05, 4.69) is 10.6 Å². The molecule has 6 heteroatoms. The lowest BCUT2D eigenvalue weighted by atomic mass is 10.1. The van der Waals surface area contributed by atoms with Crippen molar-refractivity contribution in [1.82, 2.24) is 5.32 Å². The van der Waals surface area contributed by atoms with Crippen LogP contribution in [0.5, 0.6) is 0 Å². The van der Waals surface area contributed by atoms with E-state index in [1.54, 1.807) is 19.9 Å². The molecule has 2 N–H and O–H groups in total. The maximum Gasteiger partial charge on any atom is 0.318 e. The Kier molecular flexibility index (Phi) is 3.44. The Balaban J connectivity index is 3.10. The smallest absolute Gasteiger partial charge is 0.318 e. The van der Waals surface area contributed by atoms with Gasteiger partial charge in [-0.15, -0.1) is 0 Å². The Morgan fingerprint density at radius 3 is 2.44 bits per heavy atom. The summed E-state index contributed by atoms with van der Waals surface area (Å²) >= 11 is 0. The molecular formula is C10H13N3O3. The van der Waals surface area contributed by atoms with Gasteiger partial charge in [0.2, 0.25) is 0 Å². The first kappa shape index (κ1) is 12.0. The van der Waals surface area contributed by atoms with E-state index in [1.807, 2.05) is 0 Å². The molecule has 0 unspecified atom stereocenters. The molecule has 0 fully saturated rings. The number of amides is 2. The number of rotatable bonds is 2. The van der Waals surface area contributed by atoms with Gasteiger partial charge in [0, 0.05) is 24.4 Å². The van der Waals surface area contributed by atoms with Gasteiger partial charge < -0.3 is 10.6 Å². The highest BCUT2D eigenvalue weighted by atomic mass is 16.6. The van der Waals surface area contributed by atoms with Gasteiger partial charge in [0.05, 0.1) is 4.92 Å². The van der Waals surface area contributed by atoms with Gasteiger partial charge in [-0.05, 0) is 25.5 Å². The molecule has 0 spiro atoms. The van der Waals surface area contributed by atoms with E-state index in [0.29, 0.717) is 16.8 Å². The quantitative estimate of drug-likeness (QED) is 0.593. The van der Waals surface area contributed by atoms with Gasteiger partial charge in [0.15, 0.2) is 0 Å². The van der Waals surface area contributed by atoms with Crippen LogP contribution in [-0.2, 0) is 0 Å². The molecule has 0 radical (unpaired) electrons. The van der Waals surface area contributed by atoms with Crippen molar-refractivity contribution in [2.24, 2.45) is 0 Å². The maximum absolute atomic E-state index is 11.1. The van der Waals surface area contributed by atoms with Crippen molar-refractivity contribution in [2.75, 3.05) is 12.4 Å². The Bertz CT molecular complexity index is 443. The summed E-state index contributed by atoms with van der Waals surface area (Å²) in [4.78, 5) is 21.3. The number of nitro groups is 1. The molecule has 0 saturated heterocycles. The number of nitro benzene ring substituents is 1. The second kappa shape index (κ2) is 4.61. The third kappa shape index (κ3) is 2.47. The summed E-state index contributed by atoms with van der Waals surface area (Å²) in [5.74, 6) is 0. The largest absolute Gasteiger partial charge is 0.341 e. The van der Waals surface area contributed by atoms with Crippen molar-refractivity contribution in [3.63, 3.8) is 0 Å². The number of hydrogen-bond donors (Lipinski definition) is 2. The minimum atomic E-state index is -0.438. The van der Waals surface area contributed by atoms with Crippen LogP contribution in [-0.4, -0.2) is 18.0 Å². The normalized spacial score (nSPS) is 9.69. The zero-order valence-corrected chi connectivity index (χ0v) is 9.33. The van der Waals surface area contributed by atoms with E-state index >= 15 is 0 Å². The van der Waals surface area contributed by atoms with Crippen LogP contribution in [0.4, 0.5) is 16.2 Å². The van der Waals surface area contributed by atoms with Crippen molar-refractivity contribution < 1.29 is 9.72 Å². The van der Waals surface area contributed by atoms with Crippen LogP contribution in [0.1, 0.15) is 11.1 Å².